The second-order valence-electron chi connectivity index (χ2n) is 6.79. The topological polar surface area (TPSA) is 35.6 Å². The number of hydrogen-bond donors (Lipinski definition) is 1. The van der Waals surface area contributed by atoms with Gasteiger partial charge in [-0.3, -0.25) is 9.69 Å². The van der Waals surface area contributed by atoms with E-state index < -0.39 is 0 Å². The van der Waals surface area contributed by atoms with Gasteiger partial charge < -0.3 is 10.2 Å². The number of rotatable bonds is 2. The van der Waals surface area contributed by atoms with Gasteiger partial charge in [-0.25, -0.2) is 0 Å². The Morgan fingerprint density at radius 2 is 1.79 bits per heavy atom. The van der Waals surface area contributed by atoms with E-state index in [0.29, 0.717) is 17.9 Å². The van der Waals surface area contributed by atoms with Crippen LogP contribution in [0.15, 0.2) is 0 Å². The van der Waals surface area contributed by atoms with Gasteiger partial charge in [0.1, 0.15) is 0 Å². The maximum atomic E-state index is 12.9. The summed E-state index contributed by atoms with van der Waals surface area (Å²) in [6.45, 7) is 13.5. The van der Waals surface area contributed by atoms with Gasteiger partial charge in [0.25, 0.3) is 0 Å². The molecule has 2 aliphatic heterocycles. The molecule has 2 atom stereocenters. The molecule has 0 saturated carbocycles. The second kappa shape index (κ2) is 5.80. The summed E-state index contributed by atoms with van der Waals surface area (Å²) in [6.07, 6.45) is 2.39. The van der Waals surface area contributed by atoms with E-state index in [1.807, 2.05) is 0 Å². The fourth-order valence-corrected chi connectivity index (χ4v) is 3.28. The third kappa shape index (κ3) is 3.11. The van der Waals surface area contributed by atoms with Gasteiger partial charge in [-0.15, -0.1) is 0 Å². The van der Waals surface area contributed by atoms with Crippen LogP contribution in [0.1, 0.15) is 40.5 Å². The number of carbonyl (C=O) groups is 1. The number of nitrogens with zero attached hydrogens (tertiary/aromatic N) is 2. The summed E-state index contributed by atoms with van der Waals surface area (Å²) in [6, 6.07) is 0.394. The lowest BCUT2D eigenvalue weighted by molar-refractivity contribution is -0.147. The number of piperidine rings is 1. The Hall–Kier alpha value is -0.610. The molecule has 1 amide bonds. The largest absolute Gasteiger partial charge is 0.338 e. The summed E-state index contributed by atoms with van der Waals surface area (Å²) in [4.78, 5) is 17.4. The number of likely N-dealkylation sites (tertiary alicyclic amines) is 1. The van der Waals surface area contributed by atoms with Gasteiger partial charge in [0, 0.05) is 38.8 Å². The number of piperazine rings is 1. The quantitative estimate of drug-likeness (QED) is 0.819. The van der Waals surface area contributed by atoms with Crippen LogP contribution in [0.5, 0.6) is 0 Å². The standard InChI is InChI=1S/C15H29N3O/c1-12-5-6-13(2)18(11-12)14(19)15(3,4)17-9-7-16-8-10-17/h12-13,16H,5-11H2,1-4H3. The predicted molar refractivity (Wildman–Crippen MR) is 78.1 cm³/mol. The molecular formula is C15H29N3O. The van der Waals surface area contributed by atoms with Gasteiger partial charge in [0.05, 0.1) is 5.54 Å². The van der Waals surface area contributed by atoms with Crippen molar-refractivity contribution in [2.45, 2.75) is 52.1 Å². The fourth-order valence-electron chi connectivity index (χ4n) is 3.28. The van der Waals surface area contributed by atoms with E-state index in [4.69, 9.17) is 0 Å². The third-order valence-electron chi connectivity index (χ3n) is 4.81. The number of carbonyl (C=O) groups excluding carboxylic acids is 1. The molecule has 0 aromatic heterocycles. The molecule has 0 bridgehead atoms. The van der Waals surface area contributed by atoms with Crippen LogP contribution in [0.3, 0.4) is 0 Å². The van der Waals surface area contributed by atoms with E-state index >= 15 is 0 Å². The van der Waals surface area contributed by atoms with E-state index in [0.717, 1.165) is 39.1 Å². The molecule has 0 aliphatic carbocycles. The Morgan fingerprint density at radius 1 is 1.16 bits per heavy atom. The number of hydrogen-bond acceptors (Lipinski definition) is 3. The van der Waals surface area contributed by atoms with Crippen LogP contribution < -0.4 is 5.32 Å². The highest BCUT2D eigenvalue weighted by molar-refractivity contribution is 5.86. The minimum absolute atomic E-state index is 0.313. The highest BCUT2D eigenvalue weighted by Gasteiger charge is 2.40. The first-order chi connectivity index (χ1) is 8.93. The first-order valence-electron chi connectivity index (χ1n) is 7.69. The average molecular weight is 267 g/mol. The maximum absolute atomic E-state index is 12.9. The van der Waals surface area contributed by atoms with Crippen LogP contribution >= 0.6 is 0 Å². The average Bonchev–Trinajstić information content (AvgIpc) is 2.41. The van der Waals surface area contributed by atoms with Crippen LogP contribution in [0.2, 0.25) is 0 Å². The minimum Gasteiger partial charge on any atom is -0.338 e. The molecule has 2 rings (SSSR count). The summed E-state index contributed by atoms with van der Waals surface area (Å²) in [7, 11) is 0. The SMILES string of the molecule is CC1CCC(C)N(C(=O)C(C)(C)N2CCNCC2)C1. The number of amides is 1. The van der Waals surface area contributed by atoms with E-state index in [1.54, 1.807) is 0 Å². The smallest absolute Gasteiger partial charge is 0.242 e. The Bertz CT molecular complexity index is 323. The Labute approximate surface area is 117 Å². The molecule has 0 radical (unpaired) electrons. The molecular weight excluding hydrogens is 238 g/mol. The summed E-state index contributed by atoms with van der Waals surface area (Å²) in [5.74, 6) is 0.951. The van der Waals surface area contributed by atoms with E-state index in [-0.39, 0.29) is 5.54 Å². The third-order valence-corrected chi connectivity index (χ3v) is 4.81. The van der Waals surface area contributed by atoms with E-state index in [9.17, 15) is 4.79 Å². The van der Waals surface area contributed by atoms with Crippen molar-refractivity contribution in [2.24, 2.45) is 5.92 Å². The lowest BCUT2D eigenvalue weighted by atomic mass is 9.91. The molecule has 2 fully saturated rings. The van der Waals surface area contributed by atoms with Gasteiger partial charge in [0.15, 0.2) is 0 Å². The molecule has 19 heavy (non-hydrogen) atoms. The molecule has 2 unspecified atom stereocenters. The van der Waals surface area contributed by atoms with Crippen molar-refractivity contribution in [3.63, 3.8) is 0 Å². The van der Waals surface area contributed by atoms with Crippen LogP contribution in [0, 0.1) is 5.92 Å². The van der Waals surface area contributed by atoms with Crippen molar-refractivity contribution in [3.8, 4) is 0 Å². The zero-order chi connectivity index (χ0) is 14.0. The summed E-state index contributed by atoms with van der Waals surface area (Å²) >= 11 is 0. The predicted octanol–water partition coefficient (Wildman–Crippen LogP) is 1.32. The molecule has 110 valence electrons. The first-order valence-corrected chi connectivity index (χ1v) is 7.69. The van der Waals surface area contributed by atoms with Gasteiger partial charge in [-0.2, -0.15) is 0 Å². The lowest BCUT2D eigenvalue weighted by Gasteiger charge is -2.46. The van der Waals surface area contributed by atoms with Gasteiger partial charge in [0.2, 0.25) is 5.91 Å². The molecule has 0 aromatic carbocycles. The Morgan fingerprint density at radius 3 is 2.42 bits per heavy atom. The zero-order valence-corrected chi connectivity index (χ0v) is 12.9. The van der Waals surface area contributed by atoms with Gasteiger partial charge in [-0.1, -0.05) is 6.92 Å². The molecule has 2 saturated heterocycles. The van der Waals surface area contributed by atoms with Crippen molar-refractivity contribution in [2.75, 3.05) is 32.7 Å². The minimum atomic E-state index is -0.368. The molecule has 1 N–H and O–H groups in total. The van der Waals surface area contributed by atoms with Crippen molar-refractivity contribution >= 4 is 5.91 Å². The van der Waals surface area contributed by atoms with E-state index in [2.05, 4.69) is 42.8 Å². The summed E-state index contributed by atoms with van der Waals surface area (Å²) in [5, 5.41) is 3.35. The van der Waals surface area contributed by atoms with Crippen LogP contribution in [0.25, 0.3) is 0 Å². The van der Waals surface area contributed by atoms with Crippen molar-refractivity contribution in [1.82, 2.24) is 15.1 Å². The van der Waals surface area contributed by atoms with E-state index in [1.165, 1.54) is 6.42 Å². The summed E-state index contributed by atoms with van der Waals surface area (Å²) in [5.41, 5.74) is -0.368. The van der Waals surface area contributed by atoms with Crippen LogP contribution in [-0.2, 0) is 4.79 Å². The van der Waals surface area contributed by atoms with Crippen molar-refractivity contribution in [3.05, 3.63) is 0 Å². The molecule has 2 heterocycles. The molecule has 2 aliphatic rings. The normalized spacial score (nSPS) is 30.4. The van der Waals surface area contributed by atoms with Crippen LogP contribution in [0.4, 0.5) is 0 Å². The second-order valence-corrected chi connectivity index (χ2v) is 6.79. The van der Waals surface area contributed by atoms with Crippen molar-refractivity contribution in [1.29, 1.82) is 0 Å². The van der Waals surface area contributed by atoms with Gasteiger partial charge >= 0.3 is 0 Å². The Balaban J connectivity index is 2.07. The highest BCUT2D eigenvalue weighted by Crippen LogP contribution is 2.26. The van der Waals surface area contributed by atoms with Crippen LogP contribution in [-0.4, -0.2) is 60.0 Å². The van der Waals surface area contributed by atoms with Crippen molar-refractivity contribution < 1.29 is 4.79 Å². The zero-order valence-electron chi connectivity index (χ0n) is 12.9. The Kier molecular flexibility index (Phi) is 4.51. The molecule has 0 spiro atoms. The molecule has 4 nitrogen and oxygen atoms in total. The highest BCUT2D eigenvalue weighted by atomic mass is 16.2. The number of nitrogens with one attached hydrogen (secondary N) is 1. The molecule has 4 heteroatoms. The van der Waals surface area contributed by atoms with Gasteiger partial charge in [-0.05, 0) is 39.5 Å². The maximum Gasteiger partial charge on any atom is 0.242 e. The monoisotopic (exact) mass is 267 g/mol. The first kappa shape index (κ1) is 14.8. The summed E-state index contributed by atoms with van der Waals surface area (Å²) < 4.78 is 0. The molecule has 0 aromatic rings. The fraction of sp³-hybridized carbons (Fsp3) is 0.933. The lowest BCUT2D eigenvalue weighted by Crippen LogP contribution is -2.62.